The number of aliphatic hydroxyl groups excluding tert-OH is 1. The summed E-state index contributed by atoms with van der Waals surface area (Å²) < 4.78 is 0. The molecular formula is C11H14O2. The Balaban J connectivity index is 2.82. The highest BCUT2D eigenvalue weighted by atomic mass is 16.3. The van der Waals surface area contributed by atoms with Crippen molar-refractivity contribution in [3.05, 3.63) is 42.0 Å². The Labute approximate surface area is 78.2 Å². The molecule has 0 saturated carbocycles. The highest BCUT2D eigenvalue weighted by Gasteiger charge is 2.10. The molecule has 2 nitrogen and oxygen atoms in total. The summed E-state index contributed by atoms with van der Waals surface area (Å²) in [5, 5.41) is 19.1. The minimum atomic E-state index is -0.654. The third-order valence-electron chi connectivity index (χ3n) is 1.84. The maximum Gasteiger partial charge on any atom is 0.121 e. The van der Waals surface area contributed by atoms with Gasteiger partial charge in [0, 0.05) is 5.56 Å². The van der Waals surface area contributed by atoms with Gasteiger partial charge in [-0.2, -0.15) is 0 Å². The van der Waals surface area contributed by atoms with Gasteiger partial charge in [0.1, 0.15) is 5.75 Å². The Hall–Kier alpha value is -1.28. The number of aliphatic hydroxyl groups is 1. The van der Waals surface area contributed by atoms with E-state index in [0.29, 0.717) is 12.0 Å². The molecule has 1 aromatic carbocycles. The van der Waals surface area contributed by atoms with Crippen LogP contribution in [0.25, 0.3) is 0 Å². The molecule has 2 N–H and O–H groups in total. The second-order valence-electron chi connectivity index (χ2n) is 3.24. The Morgan fingerprint density at radius 1 is 1.46 bits per heavy atom. The summed E-state index contributed by atoms with van der Waals surface area (Å²) >= 11 is 0. The molecule has 0 aromatic heterocycles. The van der Waals surface area contributed by atoms with Gasteiger partial charge in [-0.15, -0.1) is 6.58 Å². The van der Waals surface area contributed by atoms with Crippen molar-refractivity contribution >= 4 is 0 Å². The van der Waals surface area contributed by atoms with E-state index >= 15 is 0 Å². The molecule has 0 bridgehead atoms. The van der Waals surface area contributed by atoms with E-state index in [9.17, 15) is 10.2 Å². The largest absolute Gasteiger partial charge is 0.508 e. The molecule has 13 heavy (non-hydrogen) atoms. The molecule has 0 saturated heterocycles. The summed E-state index contributed by atoms with van der Waals surface area (Å²) in [6.45, 7) is 5.56. The number of phenolic OH excluding ortho intramolecular Hbond substituents is 1. The standard InChI is InChI=1S/C11H14O2/c1-8(2)7-11(13)9-5-3-4-6-10(9)12/h3-6,11-13H,1,7H2,2H3. The number of benzene rings is 1. The van der Waals surface area contributed by atoms with E-state index in [2.05, 4.69) is 6.58 Å². The molecule has 2 heteroatoms. The van der Waals surface area contributed by atoms with Gasteiger partial charge in [0.05, 0.1) is 6.10 Å². The molecule has 1 unspecified atom stereocenters. The molecule has 0 aliphatic carbocycles. The van der Waals surface area contributed by atoms with Crippen LogP contribution in [0.2, 0.25) is 0 Å². The number of hydrogen-bond acceptors (Lipinski definition) is 2. The number of phenols is 1. The van der Waals surface area contributed by atoms with Gasteiger partial charge in [-0.1, -0.05) is 23.8 Å². The lowest BCUT2D eigenvalue weighted by molar-refractivity contribution is 0.174. The molecule has 0 heterocycles. The lowest BCUT2D eigenvalue weighted by Gasteiger charge is -2.11. The average molecular weight is 178 g/mol. The maximum absolute atomic E-state index is 9.65. The smallest absolute Gasteiger partial charge is 0.121 e. The quantitative estimate of drug-likeness (QED) is 0.698. The van der Waals surface area contributed by atoms with Crippen molar-refractivity contribution in [1.82, 2.24) is 0 Å². The number of para-hydroxylation sites is 1. The van der Waals surface area contributed by atoms with Crippen molar-refractivity contribution in [3.63, 3.8) is 0 Å². The van der Waals surface area contributed by atoms with Gasteiger partial charge in [0.15, 0.2) is 0 Å². The monoisotopic (exact) mass is 178 g/mol. The third-order valence-corrected chi connectivity index (χ3v) is 1.84. The Morgan fingerprint density at radius 3 is 2.62 bits per heavy atom. The van der Waals surface area contributed by atoms with Crippen molar-refractivity contribution in [2.45, 2.75) is 19.4 Å². The second-order valence-corrected chi connectivity index (χ2v) is 3.24. The van der Waals surface area contributed by atoms with Gasteiger partial charge in [-0.3, -0.25) is 0 Å². The number of rotatable bonds is 3. The van der Waals surface area contributed by atoms with Crippen LogP contribution in [0.1, 0.15) is 25.0 Å². The van der Waals surface area contributed by atoms with Crippen molar-refractivity contribution in [1.29, 1.82) is 0 Å². The lowest BCUT2D eigenvalue weighted by Crippen LogP contribution is -1.97. The summed E-state index contributed by atoms with van der Waals surface area (Å²) in [7, 11) is 0. The van der Waals surface area contributed by atoms with Gasteiger partial charge in [0.25, 0.3) is 0 Å². The van der Waals surface area contributed by atoms with Crippen molar-refractivity contribution in [3.8, 4) is 5.75 Å². The molecule has 0 fully saturated rings. The molecule has 70 valence electrons. The summed E-state index contributed by atoms with van der Waals surface area (Å²) in [6.07, 6.45) is -0.170. The Kier molecular flexibility index (Phi) is 3.09. The van der Waals surface area contributed by atoms with Crippen LogP contribution in [0.15, 0.2) is 36.4 Å². The number of hydrogen-bond donors (Lipinski definition) is 2. The lowest BCUT2D eigenvalue weighted by atomic mass is 10.0. The zero-order chi connectivity index (χ0) is 9.84. The van der Waals surface area contributed by atoms with Crippen molar-refractivity contribution in [2.24, 2.45) is 0 Å². The molecule has 0 aliphatic heterocycles. The molecule has 0 spiro atoms. The predicted molar refractivity (Wildman–Crippen MR) is 52.5 cm³/mol. The summed E-state index contributed by atoms with van der Waals surface area (Å²) in [6, 6.07) is 6.79. The van der Waals surface area contributed by atoms with Crippen LogP contribution in [-0.4, -0.2) is 10.2 Å². The fourth-order valence-electron chi connectivity index (χ4n) is 1.21. The van der Waals surface area contributed by atoms with Gasteiger partial charge in [-0.05, 0) is 19.4 Å². The van der Waals surface area contributed by atoms with E-state index < -0.39 is 6.10 Å². The minimum absolute atomic E-state index is 0.135. The maximum atomic E-state index is 9.65. The van der Waals surface area contributed by atoms with Crippen LogP contribution in [0.5, 0.6) is 5.75 Å². The number of aromatic hydroxyl groups is 1. The molecular weight excluding hydrogens is 164 g/mol. The van der Waals surface area contributed by atoms with Crippen LogP contribution in [0, 0.1) is 0 Å². The molecule has 1 atom stereocenters. The first kappa shape index (κ1) is 9.81. The van der Waals surface area contributed by atoms with Crippen LogP contribution in [0.4, 0.5) is 0 Å². The summed E-state index contributed by atoms with van der Waals surface area (Å²) in [5.74, 6) is 0.135. The van der Waals surface area contributed by atoms with Crippen molar-refractivity contribution < 1.29 is 10.2 Å². The molecule has 0 amide bonds. The van der Waals surface area contributed by atoms with Gasteiger partial charge < -0.3 is 10.2 Å². The molecule has 0 radical (unpaired) electrons. The summed E-state index contributed by atoms with van der Waals surface area (Å²) in [5.41, 5.74) is 1.46. The zero-order valence-electron chi connectivity index (χ0n) is 7.70. The van der Waals surface area contributed by atoms with E-state index in [0.717, 1.165) is 5.57 Å². The first-order valence-corrected chi connectivity index (χ1v) is 4.21. The van der Waals surface area contributed by atoms with Crippen LogP contribution in [0.3, 0.4) is 0 Å². The van der Waals surface area contributed by atoms with E-state index in [1.807, 2.05) is 6.92 Å². The van der Waals surface area contributed by atoms with E-state index in [1.54, 1.807) is 24.3 Å². The van der Waals surface area contributed by atoms with Crippen LogP contribution in [-0.2, 0) is 0 Å². The van der Waals surface area contributed by atoms with E-state index in [1.165, 1.54) is 0 Å². The average Bonchev–Trinajstić information content (AvgIpc) is 2.03. The highest BCUT2D eigenvalue weighted by Crippen LogP contribution is 2.27. The predicted octanol–water partition coefficient (Wildman–Crippen LogP) is 2.39. The van der Waals surface area contributed by atoms with Gasteiger partial charge in [-0.25, -0.2) is 0 Å². The fourth-order valence-corrected chi connectivity index (χ4v) is 1.21. The second kappa shape index (κ2) is 4.10. The van der Waals surface area contributed by atoms with E-state index in [4.69, 9.17) is 0 Å². The molecule has 1 rings (SSSR count). The fraction of sp³-hybridized carbons (Fsp3) is 0.273. The zero-order valence-corrected chi connectivity index (χ0v) is 7.70. The molecule has 1 aromatic rings. The minimum Gasteiger partial charge on any atom is -0.508 e. The topological polar surface area (TPSA) is 40.5 Å². The van der Waals surface area contributed by atoms with Crippen LogP contribution < -0.4 is 0 Å². The van der Waals surface area contributed by atoms with Gasteiger partial charge in [0.2, 0.25) is 0 Å². The highest BCUT2D eigenvalue weighted by molar-refractivity contribution is 5.34. The Morgan fingerprint density at radius 2 is 2.08 bits per heavy atom. The Bertz CT molecular complexity index is 305. The first-order chi connectivity index (χ1) is 6.11. The SMILES string of the molecule is C=C(C)CC(O)c1ccccc1O. The third kappa shape index (κ3) is 2.60. The molecule has 0 aliphatic rings. The van der Waals surface area contributed by atoms with Gasteiger partial charge >= 0.3 is 0 Å². The summed E-state index contributed by atoms with van der Waals surface area (Å²) in [4.78, 5) is 0. The first-order valence-electron chi connectivity index (χ1n) is 4.21. The normalized spacial score (nSPS) is 12.5. The van der Waals surface area contributed by atoms with Crippen molar-refractivity contribution in [2.75, 3.05) is 0 Å². The van der Waals surface area contributed by atoms with E-state index in [-0.39, 0.29) is 5.75 Å². The van der Waals surface area contributed by atoms with Crippen LogP contribution >= 0.6 is 0 Å².